The topological polar surface area (TPSA) is 101 Å². The van der Waals surface area contributed by atoms with Crippen LogP contribution < -0.4 is 17.0 Å². The van der Waals surface area contributed by atoms with E-state index in [1.807, 2.05) is 4.90 Å². The van der Waals surface area contributed by atoms with Crippen molar-refractivity contribution in [2.45, 2.75) is 38.8 Å². The Labute approximate surface area is 145 Å². The van der Waals surface area contributed by atoms with Crippen LogP contribution in [0.5, 0.6) is 0 Å². The molecule has 0 bridgehead atoms. The second kappa shape index (κ2) is 7.23. The molecule has 2 heterocycles. The molecule has 2 atom stereocenters. The third-order valence-corrected chi connectivity index (χ3v) is 5.02. The molecule has 2 unspecified atom stereocenters. The quantitative estimate of drug-likeness (QED) is 0.851. The van der Waals surface area contributed by atoms with Gasteiger partial charge in [0, 0.05) is 32.1 Å². The van der Waals surface area contributed by atoms with E-state index in [1.165, 1.54) is 4.57 Å². The van der Waals surface area contributed by atoms with Crippen LogP contribution in [0.15, 0.2) is 33.9 Å². The number of likely N-dealkylation sites (tertiary alicyclic amines) is 1. The molecule has 1 saturated heterocycles. The number of rotatable bonds is 4. The van der Waals surface area contributed by atoms with Crippen LogP contribution >= 0.6 is 0 Å². The zero-order chi connectivity index (χ0) is 18.0. The standard InChI is InChI=1S/C18H24N4O3/c1-12-6-8-21(13(10-12)11-19)16(23)7-9-22-15-5-3-2-4-14(15)17(24)20-18(22)25/h2-5,12-13H,6-11,19H2,1H3,(H,20,24,25). The van der Waals surface area contributed by atoms with Crippen LogP contribution in [0, 0.1) is 5.92 Å². The Kier molecular flexibility index (Phi) is 5.03. The Morgan fingerprint density at radius 1 is 1.32 bits per heavy atom. The SMILES string of the molecule is CC1CCN(C(=O)CCn2c(=O)[nH]c(=O)c3ccccc32)C(CN)C1. The van der Waals surface area contributed by atoms with E-state index >= 15 is 0 Å². The number of carbonyl (C=O) groups is 1. The van der Waals surface area contributed by atoms with Gasteiger partial charge in [-0.25, -0.2) is 4.79 Å². The Morgan fingerprint density at radius 2 is 2.08 bits per heavy atom. The third kappa shape index (κ3) is 3.51. The number of hydrogen-bond donors (Lipinski definition) is 2. The molecule has 1 aromatic heterocycles. The van der Waals surface area contributed by atoms with Gasteiger partial charge in [0.05, 0.1) is 10.9 Å². The van der Waals surface area contributed by atoms with Crippen molar-refractivity contribution in [3.63, 3.8) is 0 Å². The number of aryl methyl sites for hydroxylation is 1. The second-order valence-corrected chi connectivity index (χ2v) is 6.78. The lowest BCUT2D eigenvalue weighted by molar-refractivity contribution is -0.135. The van der Waals surface area contributed by atoms with Crippen molar-refractivity contribution in [1.29, 1.82) is 0 Å². The number of piperidine rings is 1. The fourth-order valence-corrected chi connectivity index (χ4v) is 3.62. The molecule has 2 aromatic rings. The van der Waals surface area contributed by atoms with Gasteiger partial charge in [-0.3, -0.25) is 19.1 Å². The number of nitrogens with one attached hydrogen (secondary N) is 1. The molecule has 1 fully saturated rings. The van der Waals surface area contributed by atoms with E-state index in [0.717, 1.165) is 12.8 Å². The number of fused-ring (bicyclic) bond motifs is 1. The van der Waals surface area contributed by atoms with Crippen LogP contribution in [-0.4, -0.2) is 39.5 Å². The van der Waals surface area contributed by atoms with Gasteiger partial charge >= 0.3 is 5.69 Å². The van der Waals surface area contributed by atoms with Crippen molar-refractivity contribution in [1.82, 2.24) is 14.5 Å². The fraction of sp³-hybridized carbons (Fsp3) is 0.500. The van der Waals surface area contributed by atoms with Gasteiger partial charge in [-0.15, -0.1) is 0 Å². The lowest BCUT2D eigenvalue weighted by atomic mass is 9.92. The summed E-state index contributed by atoms with van der Waals surface area (Å²) in [7, 11) is 0. The number of para-hydroxylation sites is 1. The summed E-state index contributed by atoms with van der Waals surface area (Å²) in [6.07, 6.45) is 2.11. The number of carbonyl (C=O) groups excluding carboxylic acids is 1. The zero-order valence-corrected chi connectivity index (χ0v) is 14.4. The molecule has 1 aliphatic heterocycles. The maximum absolute atomic E-state index is 12.6. The largest absolute Gasteiger partial charge is 0.338 e. The lowest BCUT2D eigenvalue weighted by Crippen LogP contribution is -2.49. The van der Waals surface area contributed by atoms with Crippen LogP contribution in [0.25, 0.3) is 10.9 Å². The van der Waals surface area contributed by atoms with E-state index in [2.05, 4.69) is 11.9 Å². The summed E-state index contributed by atoms with van der Waals surface area (Å²) < 4.78 is 1.46. The van der Waals surface area contributed by atoms with Gasteiger partial charge in [0.15, 0.2) is 0 Å². The molecular formula is C18H24N4O3. The first-order valence-electron chi connectivity index (χ1n) is 8.72. The van der Waals surface area contributed by atoms with Crippen LogP contribution in [0.4, 0.5) is 0 Å². The minimum atomic E-state index is -0.487. The predicted octanol–water partition coefficient (Wildman–Crippen LogP) is 0.666. The summed E-state index contributed by atoms with van der Waals surface area (Å²) in [5, 5.41) is 0.446. The zero-order valence-electron chi connectivity index (χ0n) is 14.4. The van der Waals surface area contributed by atoms with Gasteiger partial charge in [0.25, 0.3) is 5.56 Å². The normalized spacial score (nSPS) is 20.8. The molecule has 0 aliphatic carbocycles. The maximum Gasteiger partial charge on any atom is 0.328 e. The molecule has 0 radical (unpaired) electrons. The monoisotopic (exact) mass is 344 g/mol. The summed E-state index contributed by atoms with van der Waals surface area (Å²) >= 11 is 0. The summed E-state index contributed by atoms with van der Waals surface area (Å²) in [5.41, 5.74) is 5.48. The van der Waals surface area contributed by atoms with E-state index < -0.39 is 11.2 Å². The van der Waals surface area contributed by atoms with Gasteiger partial charge < -0.3 is 10.6 Å². The fourth-order valence-electron chi connectivity index (χ4n) is 3.62. The number of aromatic amines is 1. The summed E-state index contributed by atoms with van der Waals surface area (Å²) in [5.74, 6) is 0.577. The summed E-state index contributed by atoms with van der Waals surface area (Å²) in [6, 6.07) is 6.98. The van der Waals surface area contributed by atoms with Crippen molar-refractivity contribution in [3.05, 3.63) is 45.1 Å². The van der Waals surface area contributed by atoms with E-state index in [1.54, 1.807) is 24.3 Å². The molecule has 1 aromatic carbocycles. The lowest BCUT2D eigenvalue weighted by Gasteiger charge is -2.38. The van der Waals surface area contributed by atoms with Crippen molar-refractivity contribution in [3.8, 4) is 0 Å². The first-order chi connectivity index (χ1) is 12.0. The smallest absolute Gasteiger partial charge is 0.328 e. The Bertz CT molecular complexity index is 886. The van der Waals surface area contributed by atoms with Gasteiger partial charge in [0.2, 0.25) is 5.91 Å². The minimum absolute atomic E-state index is 0.00420. The van der Waals surface area contributed by atoms with E-state index in [-0.39, 0.29) is 24.9 Å². The predicted molar refractivity (Wildman–Crippen MR) is 96.4 cm³/mol. The Morgan fingerprint density at radius 3 is 2.84 bits per heavy atom. The minimum Gasteiger partial charge on any atom is -0.338 e. The third-order valence-electron chi connectivity index (χ3n) is 5.02. The number of aromatic nitrogens is 2. The molecule has 3 N–H and O–H groups in total. The number of nitrogens with zero attached hydrogens (tertiary/aromatic N) is 2. The summed E-state index contributed by atoms with van der Waals surface area (Å²) in [4.78, 5) is 40.9. The number of benzene rings is 1. The second-order valence-electron chi connectivity index (χ2n) is 6.78. The molecule has 1 amide bonds. The van der Waals surface area contributed by atoms with Crippen LogP contribution in [0.3, 0.4) is 0 Å². The highest BCUT2D eigenvalue weighted by Gasteiger charge is 2.28. The molecule has 134 valence electrons. The molecular weight excluding hydrogens is 320 g/mol. The maximum atomic E-state index is 12.6. The molecule has 7 nitrogen and oxygen atoms in total. The number of hydrogen-bond acceptors (Lipinski definition) is 4. The van der Waals surface area contributed by atoms with E-state index in [0.29, 0.717) is 29.9 Å². The van der Waals surface area contributed by atoms with Crippen LogP contribution in [0.1, 0.15) is 26.2 Å². The van der Waals surface area contributed by atoms with Crippen LogP contribution in [-0.2, 0) is 11.3 Å². The highest BCUT2D eigenvalue weighted by Crippen LogP contribution is 2.22. The molecule has 25 heavy (non-hydrogen) atoms. The molecule has 0 spiro atoms. The van der Waals surface area contributed by atoms with Crippen molar-refractivity contribution in [2.24, 2.45) is 11.7 Å². The van der Waals surface area contributed by atoms with Gasteiger partial charge in [-0.1, -0.05) is 19.1 Å². The van der Waals surface area contributed by atoms with E-state index in [9.17, 15) is 14.4 Å². The van der Waals surface area contributed by atoms with Gasteiger partial charge in [0.1, 0.15) is 0 Å². The number of H-pyrrole nitrogens is 1. The molecule has 3 rings (SSSR count). The summed E-state index contributed by atoms with van der Waals surface area (Å²) in [6.45, 7) is 3.58. The average molecular weight is 344 g/mol. The Hall–Kier alpha value is -2.41. The first-order valence-corrected chi connectivity index (χ1v) is 8.72. The molecule has 7 heteroatoms. The van der Waals surface area contributed by atoms with Crippen molar-refractivity contribution in [2.75, 3.05) is 13.1 Å². The van der Waals surface area contributed by atoms with Gasteiger partial charge in [-0.05, 0) is 30.9 Å². The van der Waals surface area contributed by atoms with Gasteiger partial charge in [-0.2, -0.15) is 0 Å². The van der Waals surface area contributed by atoms with Crippen molar-refractivity contribution >= 4 is 16.8 Å². The number of nitrogens with two attached hydrogens (primary N) is 1. The highest BCUT2D eigenvalue weighted by atomic mass is 16.2. The highest BCUT2D eigenvalue weighted by molar-refractivity contribution is 5.79. The van der Waals surface area contributed by atoms with Crippen LogP contribution in [0.2, 0.25) is 0 Å². The molecule has 0 saturated carbocycles. The first kappa shape index (κ1) is 17.4. The average Bonchev–Trinajstić information content (AvgIpc) is 2.61. The Balaban J connectivity index is 1.80. The van der Waals surface area contributed by atoms with E-state index in [4.69, 9.17) is 5.73 Å². The molecule has 1 aliphatic rings. The van der Waals surface area contributed by atoms with Crippen molar-refractivity contribution < 1.29 is 4.79 Å². The number of amides is 1.